The number of alkyl carbamates (subject to hydrolysis) is 2. The van der Waals surface area contributed by atoms with Gasteiger partial charge in [-0.25, -0.2) is 49.2 Å². The molecule has 88 heavy (non-hydrogen) atoms. The highest BCUT2D eigenvalue weighted by Crippen LogP contribution is 2.28. The summed E-state index contributed by atoms with van der Waals surface area (Å²) in [6.45, 7) is 9.41. The zero-order valence-electron chi connectivity index (χ0n) is 50.5. The van der Waals surface area contributed by atoms with Gasteiger partial charge in [0.05, 0.1) is 40.5 Å². The van der Waals surface area contributed by atoms with Crippen LogP contribution in [0.5, 0.6) is 11.5 Å². The SMILES string of the molecule is COC(=O)[C@@H]([C@@H](NC(=O)OC(C)(C)C)c1ccc(OC)cc1)N(NC(=O)OCc1ccccc1)C(=O)OCc1ccccc1.COC(=O)[C@H]([C@H](NC(=O)OC(C)(C)C)c1ccc(OC)cc1)N(NC(=O)OCc1ccccc1)C(=O)OCc1ccccc1. The van der Waals surface area contributed by atoms with Crippen LogP contribution in [0.25, 0.3) is 0 Å². The van der Waals surface area contributed by atoms with Crippen molar-refractivity contribution >= 4 is 48.5 Å². The van der Waals surface area contributed by atoms with Crippen LogP contribution in [-0.4, -0.2) is 110 Å². The first-order chi connectivity index (χ1) is 42.0. The predicted molar refractivity (Wildman–Crippen MR) is 318 cm³/mol. The Morgan fingerprint density at radius 1 is 0.375 bits per heavy atom. The monoisotopic (exact) mass is 1210 g/mol. The number of nitrogens with one attached hydrogen (secondary N) is 4. The van der Waals surface area contributed by atoms with E-state index in [2.05, 4.69) is 21.5 Å². The first-order valence-electron chi connectivity index (χ1n) is 27.4. The largest absolute Gasteiger partial charge is 0.497 e. The lowest BCUT2D eigenvalue weighted by Gasteiger charge is -2.35. The summed E-state index contributed by atoms with van der Waals surface area (Å²) in [6, 6.07) is 42.1. The zero-order chi connectivity index (χ0) is 64.2. The molecule has 24 heteroatoms. The van der Waals surface area contributed by atoms with E-state index in [1.165, 1.54) is 14.2 Å². The van der Waals surface area contributed by atoms with E-state index in [1.54, 1.807) is 199 Å². The van der Waals surface area contributed by atoms with E-state index >= 15 is 0 Å². The van der Waals surface area contributed by atoms with Crippen LogP contribution in [0.15, 0.2) is 170 Å². The Bertz CT molecular complexity index is 2970. The van der Waals surface area contributed by atoms with Gasteiger partial charge in [-0.05, 0) is 99.2 Å². The molecule has 6 aromatic rings. The molecule has 0 fully saturated rings. The molecule has 0 heterocycles. The summed E-state index contributed by atoms with van der Waals surface area (Å²) in [5.74, 6) is -0.967. The highest BCUT2D eigenvalue weighted by Gasteiger charge is 2.44. The molecule has 468 valence electrons. The highest BCUT2D eigenvalue weighted by molar-refractivity contribution is 5.86. The van der Waals surface area contributed by atoms with Crippen molar-refractivity contribution in [3.05, 3.63) is 203 Å². The van der Waals surface area contributed by atoms with E-state index in [-0.39, 0.29) is 26.4 Å². The van der Waals surface area contributed by atoms with Crippen LogP contribution in [0, 0.1) is 0 Å². The second-order valence-electron chi connectivity index (χ2n) is 20.9. The molecule has 0 bridgehead atoms. The minimum absolute atomic E-state index is 0.124. The fraction of sp³-hybridized carbons (Fsp3) is 0.312. The lowest BCUT2D eigenvalue weighted by Crippen LogP contribution is -2.60. The maximum Gasteiger partial charge on any atom is 0.430 e. The van der Waals surface area contributed by atoms with Crippen LogP contribution in [0.2, 0.25) is 0 Å². The van der Waals surface area contributed by atoms with Gasteiger partial charge in [-0.15, -0.1) is 0 Å². The molecule has 0 unspecified atom stereocenters. The summed E-state index contributed by atoms with van der Waals surface area (Å²) in [4.78, 5) is 106. The molecule has 4 N–H and O–H groups in total. The standard InChI is InChI=1S/2C32H37N3O9/c2*1-32(2,3)44-29(37)33-26(24-16-18-25(40-4)19-17-24)27(28(36)41-5)35(31(39)43-21-23-14-10-7-11-15-23)34-30(38)42-20-22-12-8-6-9-13-22/h2*6-19,26-27H,20-21H2,1-5H3,(H,33,37)(H,34,38)/t2*26-,27+/m10/s1. The molecular weight excluding hydrogens is 1140 g/mol. The van der Waals surface area contributed by atoms with E-state index in [9.17, 15) is 38.4 Å². The van der Waals surface area contributed by atoms with E-state index in [0.29, 0.717) is 54.9 Å². The maximum absolute atomic E-state index is 13.6. The number of hydrogen-bond acceptors (Lipinski definition) is 18. The topological polar surface area (TPSA) is 283 Å². The molecule has 0 aliphatic heterocycles. The third kappa shape index (κ3) is 22.8. The van der Waals surface area contributed by atoms with Crippen molar-refractivity contribution in [1.82, 2.24) is 31.5 Å². The lowest BCUT2D eigenvalue weighted by atomic mass is 9.98. The molecule has 0 spiro atoms. The number of benzene rings is 6. The van der Waals surface area contributed by atoms with Gasteiger partial charge >= 0.3 is 48.5 Å². The summed E-state index contributed by atoms with van der Waals surface area (Å²) in [5, 5.41) is 6.54. The Morgan fingerprint density at radius 3 is 0.898 bits per heavy atom. The Hall–Kier alpha value is -10.5. The summed E-state index contributed by atoms with van der Waals surface area (Å²) < 4.78 is 53.1. The van der Waals surface area contributed by atoms with E-state index in [4.69, 9.17) is 47.4 Å². The molecule has 0 radical (unpaired) electrons. The number of rotatable bonds is 20. The number of esters is 2. The van der Waals surface area contributed by atoms with Gasteiger partial charge in [0, 0.05) is 0 Å². The maximum atomic E-state index is 13.6. The first kappa shape index (κ1) is 68.3. The van der Waals surface area contributed by atoms with Crippen LogP contribution >= 0.6 is 0 Å². The third-order valence-corrected chi connectivity index (χ3v) is 12.0. The highest BCUT2D eigenvalue weighted by atomic mass is 16.6. The second-order valence-corrected chi connectivity index (χ2v) is 20.9. The van der Waals surface area contributed by atoms with Gasteiger partial charge in [-0.1, -0.05) is 146 Å². The Kier molecular flexibility index (Phi) is 26.2. The van der Waals surface area contributed by atoms with Gasteiger partial charge in [0.15, 0.2) is 12.1 Å². The van der Waals surface area contributed by atoms with E-state index in [1.807, 2.05) is 12.1 Å². The number of ether oxygens (including phenoxy) is 10. The predicted octanol–water partition coefficient (Wildman–Crippen LogP) is 10.6. The Balaban J connectivity index is 0.000000321. The van der Waals surface area contributed by atoms with Crippen LogP contribution < -0.4 is 31.0 Å². The molecule has 6 rings (SSSR count). The van der Waals surface area contributed by atoms with Gasteiger partial charge in [-0.2, -0.15) is 10.0 Å². The Morgan fingerprint density at radius 2 is 0.648 bits per heavy atom. The summed E-state index contributed by atoms with van der Waals surface area (Å²) >= 11 is 0. The Labute approximate surface area is 510 Å². The number of methoxy groups -OCH3 is 4. The number of hydrazine groups is 2. The summed E-state index contributed by atoms with van der Waals surface area (Å²) in [6.07, 6.45) is -6.15. The molecule has 0 aliphatic carbocycles. The molecule has 6 aromatic carbocycles. The molecule has 24 nitrogen and oxygen atoms in total. The van der Waals surface area contributed by atoms with Crippen LogP contribution in [0.3, 0.4) is 0 Å². The minimum Gasteiger partial charge on any atom is -0.497 e. The fourth-order valence-electron chi connectivity index (χ4n) is 7.95. The molecule has 0 aromatic heterocycles. The number of hydrogen-bond donors (Lipinski definition) is 4. The number of carbonyl (C=O) groups is 8. The van der Waals surface area contributed by atoms with Crippen molar-refractivity contribution in [3.8, 4) is 11.5 Å². The number of amides is 6. The van der Waals surface area contributed by atoms with Crippen molar-refractivity contribution in [2.24, 2.45) is 0 Å². The van der Waals surface area contributed by atoms with Gasteiger partial charge < -0.3 is 58.0 Å². The molecule has 0 saturated heterocycles. The van der Waals surface area contributed by atoms with Gasteiger partial charge in [-0.3, -0.25) is 0 Å². The lowest BCUT2D eigenvalue weighted by molar-refractivity contribution is -0.149. The van der Waals surface area contributed by atoms with Crippen molar-refractivity contribution in [2.45, 2.75) is 103 Å². The quantitative estimate of drug-likeness (QED) is 0.0314. The van der Waals surface area contributed by atoms with Crippen molar-refractivity contribution in [2.75, 3.05) is 28.4 Å². The van der Waals surface area contributed by atoms with Crippen LogP contribution in [0.1, 0.15) is 87.0 Å². The van der Waals surface area contributed by atoms with Gasteiger partial charge in [0.25, 0.3) is 0 Å². The molecule has 0 saturated carbocycles. The average Bonchev–Trinajstić information content (AvgIpc) is 1.08. The van der Waals surface area contributed by atoms with Crippen molar-refractivity contribution < 1.29 is 85.7 Å². The van der Waals surface area contributed by atoms with Crippen LogP contribution in [-0.2, 0) is 73.9 Å². The normalized spacial score (nSPS) is 12.1. The van der Waals surface area contributed by atoms with E-state index < -0.39 is 83.9 Å². The first-order valence-corrected chi connectivity index (χ1v) is 27.4. The molecule has 6 amide bonds. The number of carbonyl (C=O) groups excluding carboxylic acids is 8. The average molecular weight is 1220 g/mol. The minimum atomic E-state index is -1.69. The van der Waals surface area contributed by atoms with Gasteiger partial charge in [0.2, 0.25) is 0 Å². The van der Waals surface area contributed by atoms with Crippen molar-refractivity contribution in [1.29, 1.82) is 0 Å². The number of nitrogens with zero attached hydrogens (tertiary/aromatic N) is 2. The second kappa shape index (κ2) is 33.8. The summed E-state index contributed by atoms with van der Waals surface area (Å²) in [7, 11) is 5.18. The fourth-order valence-corrected chi connectivity index (χ4v) is 7.95. The molecule has 0 aliphatic rings. The van der Waals surface area contributed by atoms with Crippen molar-refractivity contribution in [3.63, 3.8) is 0 Å². The van der Waals surface area contributed by atoms with Gasteiger partial charge in [0.1, 0.15) is 49.1 Å². The molecule has 4 atom stereocenters. The zero-order valence-corrected chi connectivity index (χ0v) is 50.5. The summed E-state index contributed by atoms with van der Waals surface area (Å²) in [5.41, 5.74) is 6.25. The smallest absolute Gasteiger partial charge is 0.430 e. The third-order valence-electron chi connectivity index (χ3n) is 12.0. The molecular formula is C64H74N6O18. The van der Waals surface area contributed by atoms with E-state index in [0.717, 1.165) is 14.2 Å². The van der Waals surface area contributed by atoms with Crippen LogP contribution in [0.4, 0.5) is 28.8 Å².